The topological polar surface area (TPSA) is 92.0 Å². The third kappa shape index (κ3) is 3.13. The maximum Gasteiger partial charge on any atom is 0.234 e. The first-order valence-corrected chi connectivity index (χ1v) is 9.67. The molecule has 1 saturated heterocycles. The number of anilines is 1. The fourth-order valence-corrected chi connectivity index (χ4v) is 3.96. The molecule has 4 aromatic rings. The van der Waals surface area contributed by atoms with Gasteiger partial charge in [-0.25, -0.2) is 4.98 Å². The highest BCUT2D eigenvalue weighted by atomic mass is 16.5. The van der Waals surface area contributed by atoms with E-state index in [0.717, 1.165) is 42.3 Å². The number of aromatic nitrogens is 3. The Morgan fingerprint density at radius 2 is 1.86 bits per heavy atom. The van der Waals surface area contributed by atoms with Crippen LogP contribution in [0.25, 0.3) is 22.2 Å². The lowest BCUT2D eigenvalue weighted by atomic mass is 9.96. The van der Waals surface area contributed by atoms with Crippen LogP contribution in [0.3, 0.4) is 0 Å². The van der Waals surface area contributed by atoms with Gasteiger partial charge in [0.25, 0.3) is 0 Å². The fourth-order valence-electron chi connectivity index (χ4n) is 3.96. The number of nitrogens with zero attached hydrogens (tertiary/aromatic N) is 5. The predicted molar refractivity (Wildman–Crippen MR) is 107 cm³/mol. The molecule has 1 aliphatic rings. The maximum atomic E-state index is 9.25. The molecule has 29 heavy (non-hydrogen) atoms. The number of fused-ring (bicyclic) bond motifs is 1. The molecule has 2 aromatic heterocycles. The van der Waals surface area contributed by atoms with E-state index in [4.69, 9.17) is 13.9 Å². The van der Waals surface area contributed by atoms with E-state index in [-0.39, 0.29) is 5.92 Å². The summed E-state index contributed by atoms with van der Waals surface area (Å²) in [4.78, 5) is 10.9. The molecule has 0 atom stereocenters. The van der Waals surface area contributed by atoms with E-state index < -0.39 is 0 Å². The zero-order valence-electron chi connectivity index (χ0n) is 16.0. The Hall–Kier alpha value is -3.66. The fraction of sp³-hybridized carbons (Fsp3) is 0.273. The van der Waals surface area contributed by atoms with Crippen LogP contribution in [-0.2, 0) is 0 Å². The van der Waals surface area contributed by atoms with Gasteiger partial charge in [0, 0.05) is 31.5 Å². The Bertz CT molecular complexity index is 1210. The second-order valence-electron chi connectivity index (χ2n) is 7.24. The minimum atomic E-state index is 0.192. The van der Waals surface area contributed by atoms with Gasteiger partial charge in [-0.2, -0.15) is 10.2 Å². The molecule has 3 heterocycles. The molecule has 0 bridgehead atoms. The first-order chi connectivity index (χ1) is 14.2. The van der Waals surface area contributed by atoms with Crippen molar-refractivity contribution in [2.45, 2.75) is 25.7 Å². The molecule has 2 aromatic carbocycles. The van der Waals surface area contributed by atoms with Gasteiger partial charge in [0.2, 0.25) is 23.3 Å². The molecule has 1 aliphatic heterocycles. The average Bonchev–Trinajstić information content (AvgIpc) is 3.40. The smallest absolute Gasteiger partial charge is 0.234 e. The maximum absolute atomic E-state index is 9.25. The molecule has 0 amide bonds. The number of piperidine rings is 1. The number of rotatable bonds is 3. The van der Waals surface area contributed by atoms with Gasteiger partial charge in [-0.15, -0.1) is 0 Å². The number of aryl methyl sites for hydroxylation is 1. The lowest BCUT2D eigenvalue weighted by Gasteiger charge is -2.29. The van der Waals surface area contributed by atoms with Crippen molar-refractivity contribution in [3.63, 3.8) is 0 Å². The van der Waals surface area contributed by atoms with Crippen LogP contribution in [0.2, 0.25) is 0 Å². The molecule has 7 heteroatoms. The third-order valence-corrected chi connectivity index (χ3v) is 5.43. The highest BCUT2D eigenvalue weighted by Crippen LogP contribution is 2.33. The molecule has 0 unspecified atom stereocenters. The Morgan fingerprint density at radius 1 is 1.07 bits per heavy atom. The summed E-state index contributed by atoms with van der Waals surface area (Å²) in [5, 5.41) is 15.8. The van der Waals surface area contributed by atoms with E-state index in [1.165, 1.54) is 0 Å². The van der Waals surface area contributed by atoms with Gasteiger partial charge in [-0.3, -0.25) is 0 Å². The molecular formula is C22H19N5O2. The minimum Gasteiger partial charge on any atom is -0.424 e. The van der Waals surface area contributed by atoms with E-state index in [9.17, 15) is 5.26 Å². The Labute approximate surface area is 167 Å². The Kier molecular flexibility index (Phi) is 4.24. The summed E-state index contributed by atoms with van der Waals surface area (Å²) >= 11 is 0. The summed E-state index contributed by atoms with van der Waals surface area (Å²) in [7, 11) is 0. The van der Waals surface area contributed by atoms with Gasteiger partial charge in [0.1, 0.15) is 6.07 Å². The predicted octanol–water partition coefficient (Wildman–Crippen LogP) is 4.44. The summed E-state index contributed by atoms with van der Waals surface area (Å²) in [6.45, 7) is 3.25. The first kappa shape index (κ1) is 17.4. The van der Waals surface area contributed by atoms with Gasteiger partial charge >= 0.3 is 0 Å². The summed E-state index contributed by atoms with van der Waals surface area (Å²) in [5.74, 6) is 2.55. The summed E-state index contributed by atoms with van der Waals surface area (Å²) in [6.07, 6.45) is 1.70. The van der Waals surface area contributed by atoms with Crippen LogP contribution in [0, 0.1) is 18.3 Å². The number of oxazole rings is 1. The molecule has 5 rings (SSSR count). The van der Waals surface area contributed by atoms with Crippen molar-refractivity contribution in [1.82, 2.24) is 15.1 Å². The SMILES string of the molecule is Cc1nc(C#N)c(N2CCC(c3nc(-c4cccc5ccccc45)no3)CC2)o1. The molecule has 144 valence electrons. The van der Waals surface area contributed by atoms with Crippen LogP contribution < -0.4 is 4.90 Å². The summed E-state index contributed by atoms with van der Waals surface area (Å²) in [5.41, 5.74) is 1.32. The van der Waals surface area contributed by atoms with E-state index in [0.29, 0.717) is 29.2 Å². The van der Waals surface area contributed by atoms with Gasteiger partial charge in [-0.1, -0.05) is 47.6 Å². The van der Waals surface area contributed by atoms with Crippen molar-refractivity contribution in [2.75, 3.05) is 18.0 Å². The van der Waals surface area contributed by atoms with Crippen LogP contribution >= 0.6 is 0 Å². The average molecular weight is 385 g/mol. The number of hydrogen-bond donors (Lipinski definition) is 0. The van der Waals surface area contributed by atoms with Crippen molar-refractivity contribution < 1.29 is 8.94 Å². The van der Waals surface area contributed by atoms with Gasteiger partial charge in [-0.05, 0) is 23.6 Å². The van der Waals surface area contributed by atoms with Crippen molar-refractivity contribution in [3.05, 3.63) is 59.9 Å². The largest absolute Gasteiger partial charge is 0.424 e. The zero-order chi connectivity index (χ0) is 19.8. The number of hydrogen-bond acceptors (Lipinski definition) is 7. The number of benzene rings is 2. The summed E-state index contributed by atoms with van der Waals surface area (Å²) in [6, 6.07) is 16.4. The van der Waals surface area contributed by atoms with Crippen LogP contribution in [0.5, 0.6) is 0 Å². The number of nitriles is 1. The molecule has 7 nitrogen and oxygen atoms in total. The quantitative estimate of drug-likeness (QED) is 0.515. The van der Waals surface area contributed by atoms with E-state index in [1.807, 2.05) is 24.3 Å². The van der Waals surface area contributed by atoms with Crippen molar-refractivity contribution in [1.29, 1.82) is 5.26 Å². The van der Waals surface area contributed by atoms with E-state index in [2.05, 4.69) is 39.3 Å². The Morgan fingerprint density at radius 3 is 2.69 bits per heavy atom. The second-order valence-corrected chi connectivity index (χ2v) is 7.24. The van der Waals surface area contributed by atoms with Gasteiger partial charge in [0.05, 0.1) is 0 Å². The van der Waals surface area contributed by atoms with Crippen LogP contribution in [0.15, 0.2) is 51.4 Å². The standard InChI is InChI=1S/C22H19N5O2/c1-14-24-19(13-23)22(28-14)27-11-9-16(10-12-27)21-25-20(26-29-21)18-8-4-6-15-5-2-3-7-17(15)18/h2-8,16H,9-12H2,1H3. The minimum absolute atomic E-state index is 0.192. The summed E-state index contributed by atoms with van der Waals surface area (Å²) < 4.78 is 11.3. The van der Waals surface area contributed by atoms with Gasteiger partial charge in [0.15, 0.2) is 5.89 Å². The molecular weight excluding hydrogens is 366 g/mol. The third-order valence-electron chi connectivity index (χ3n) is 5.43. The van der Waals surface area contributed by atoms with Crippen molar-refractivity contribution in [2.24, 2.45) is 0 Å². The lowest BCUT2D eigenvalue weighted by Crippen LogP contribution is -2.33. The second kappa shape index (κ2) is 7.06. The lowest BCUT2D eigenvalue weighted by molar-refractivity contribution is 0.326. The molecule has 0 N–H and O–H groups in total. The molecule has 0 aliphatic carbocycles. The van der Waals surface area contributed by atoms with Crippen LogP contribution in [-0.4, -0.2) is 28.2 Å². The van der Waals surface area contributed by atoms with Crippen molar-refractivity contribution in [3.8, 4) is 17.5 Å². The zero-order valence-corrected chi connectivity index (χ0v) is 16.0. The van der Waals surface area contributed by atoms with Gasteiger partial charge < -0.3 is 13.8 Å². The highest BCUT2D eigenvalue weighted by Gasteiger charge is 2.28. The first-order valence-electron chi connectivity index (χ1n) is 9.67. The molecule has 1 fully saturated rings. The normalized spacial score (nSPS) is 15.0. The highest BCUT2D eigenvalue weighted by molar-refractivity contribution is 5.94. The van der Waals surface area contributed by atoms with Crippen LogP contribution in [0.4, 0.5) is 5.88 Å². The van der Waals surface area contributed by atoms with Crippen LogP contribution in [0.1, 0.15) is 36.2 Å². The molecule has 0 saturated carbocycles. The molecule has 0 spiro atoms. The Balaban J connectivity index is 1.35. The van der Waals surface area contributed by atoms with Crippen molar-refractivity contribution >= 4 is 16.7 Å². The molecule has 0 radical (unpaired) electrons. The monoisotopic (exact) mass is 385 g/mol. The van der Waals surface area contributed by atoms with E-state index in [1.54, 1.807) is 6.92 Å². The van der Waals surface area contributed by atoms with E-state index >= 15 is 0 Å².